The molecule has 0 aliphatic heterocycles. The molecule has 4 N–H and O–H groups in total. The molecule has 0 amide bonds. The van der Waals surface area contributed by atoms with Crippen LogP contribution in [0.25, 0.3) is 0 Å². The summed E-state index contributed by atoms with van der Waals surface area (Å²) in [6, 6.07) is 3.77. The molecule has 1 aromatic carbocycles. The standard InChI is InChI=1S/C13H17NO3/c15-11-6-4-8-9(13(11)17)3-5-10(12(8)16)14-7-1-2-7/h4,6-7,10,12,14-17H,1-3,5H2. The third-order valence-electron chi connectivity index (χ3n) is 3.73. The molecular weight excluding hydrogens is 218 g/mol. The summed E-state index contributed by atoms with van der Waals surface area (Å²) in [6.45, 7) is 0. The van der Waals surface area contributed by atoms with Crippen molar-refractivity contribution < 1.29 is 15.3 Å². The van der Waals surface area contributed by atoms with Crippen molar-refractivity contribution in [2.75, 3.05) is 0 Å². The fourth-order valence-corrected chi connectivity index (χ4v) is 2.58. The quantitative estimate of drug-likeness (QED) is 0.581. The second-order valence-electron chi connectivity index (χ2n) is 5.03. The lowest BCUT2D eigenvalue weighted by Gasteiger charge is -2.31. The number of phenols is 2. The lowest BCUT2D eigenvalue weighted by molar-refractivity contribution is 0.113. The molecule has 0 aromatic heterocycles. The maximum atomic E-state index is 10.3. The first-order valence-electron chi connectivity index (χ1n) is 6.14. The molecule has 2 aliphatic rings. The third kappa shape index (κ3) is 1.87. The van der Waals surface area contributed by atoms with Crippen molar-refractivity contribution in [2.45, 2.75) is 43.9 Å². The zero-order valence-corrected chi connectivity index (χ0v) is 9.56. The van der Waals surface area contributed by atoms with Crippen LogP contribution in [0.4, 0.5) is 0 Å². The first-order chi connectivity index (χ1) is 8.16. The van der Waals surface area contributed by atoms with E-state index in [0.29, 0.717) is 18.0 Å². The normalized spacial score (nSPS) is 27.8. The van der Waals surface area contributed by atoms with Gasteiger partial charge in [-0.15, -0.1) is 0 Å². The van der Waals surface area contributed by atoms with E-state index in [1.165, 1.54) is 18.9 Å². The predicted molar refractivity (Wildman–Crippen MR) is 63.0 cm³/mol. The van der Waals surface area contributed by atoms with E-state index in [-0.39, 0.29) is 17.5 Å². The van der Waals surface area contributed by atoms with Gasteiger partial charge in [0.2, 0.25) is 0 Å². The molecular formula is C13H17NO3. The molecule has 0 spiro atoms. The fraction of sp³-hybridized carbons (Fsp3) is 0.538. The van der Waals surface area contributed by atoms with E-state index in [1.54, 1.807) is 6.07 Å². The van der Waals surface area contributed by atoms with Gasteiger partial charge in [-0.25, -0.2) is 0 Å². The van der Waals surface area contributed by atoms with E-state index in [1.807, 2.05) is 0 Å². The SMILES string of the molecule is Oc1ccc2c(c1O)CCC(NC1CC1)C2O. The van der Waals surface area contributed by atoms with Gasteiger partial charge in [0.15, 0.2) is 11.5 Å². The molecule has 3 rings (SSSR count). The molecule has 0 bridgehead atoms. The number of hydrogen-bond donors (Lipinski definition) is 4. The van der Waals surface area contributed by atoms with Crippen molar-refractivity contribution >= 4 is 0 Å². The average Bonchev–Trinajstić information content (AvgIpc) is 3.11. The van der Waals surface area contributed by atoms with Crippen LogP contribution in [0.15, 0.2) is 12.1 Å². The van der Waals surface area contributed by atoms with Crippen LogP contribution in [0.1, 0.15) is 36.5 Å². The van der Waals surface area contributed by atoms with Gasteiger partial charge >= 0.3 is 0 Å². The maximum absolute atomic E-state index is 10.3. The molecule has 4 nitrogen and oxygen atoms in total. The Labute approximate surface area is 99.9 Å². The summed E-state index contributed by atoms with van der Waals surface area (Å²) in [6.07, 6.45) is 3.28. The number of nitrogens with one attached hydrogen (secondary N) is 1. The van der Waals surface area contributed by atoms with Gasteiger partial charge in [0.1, 0.15) is 0 Å². The predicted octanol–water partition coefficient (Wildman–Crippen LogP) is 1.20. The summed E-state index contributed by atoms with van der Waals surface area (Å²) in [4.78, 5) is 0. The highest BCUT2D eigenvalue weighted by Gasteiger charge is 2.34. The number of aliphatic hydroxyl groups excluding tert-OH is 1. The van der Waals surface area contributed by atoms with E-state index in [9.17, 15) is 15.3 Å². The number of hydrogen-bond acceptors (Lipinski definition) is 4. The maximum Gasteiger partial charge on any atom is 0.161 e. The average molecular weight is 235 g/mol. The topological polar surface area (TPSA) is 72.7 Å². The zero-order chi connectivity index (χ0) is 12.0. The van der Waals surface area contributed by atoms with Crippen molar-refractivity contribution in [3.05, 3.63) is 23.3 Å². The van der Waals surface area contributed by atoms with Crippen LogP contribution in [0.2, 0.25) is 0 Å². The molecule has 1 aromatic rings. The summed E-state index contributed by atoms with van der Waals surface area (Å²) >= 11 is 0. The summed E-state index contributed by atoms with van der Waals surface area (Å²) in [7, 11) is 0. The molecule has 17 heavy (non-hydrogen) atoms. The lowest BCUT2D eigenvalue weighted by atomic mass is 9.85. The molecule has 92 valence electrons. The Balaban J connectivity index is 1.89. The Kier molecular flexibility index (Phi) is 2.49. The molecule has 2 aliphatic carbocycles. The number of benzene rings is 1. The summed E-state index contributed by atoms with van der Waals surface area (Å²) in [5, 5.41) is 32.9. The molecule has 4 heteroatoms. The number of rotatable bonds is 2. The van der Waals surface area contributed by atoms with Crippen LogP contribution < -0.4 is 5.32 Å². The van der Waals surface area contributed by atoms with Crippen molar-refractivity contribution in [1.82, 2.24) is 5.32 Å². The van der Waals surface area contributed by atoms with E-state index in [2.05, 4.69) is 5.32 Å². The first kappa shape index (κ1) is 10.9. The first-order valence-corrected chi connectivity index (χ1v) is 6.14. The molecule has 2 atom stereocenters. The van der Waals surface area contributed by atoms with Gasteiger partial charge in [-0.2, -0.15) is 0 Å². The van der Waals surface area contributed by atoms with Crippen LogP contribution in [0, 0.1) is 0 Å². The van der Waals surface area contributed by atoms with E-state index >= 15 is 0 Å². The Morgan fingerprint density at radius 1 is 1.12 bits per heavy atom. The second kappa shape index (κ2) is 3.89. The summed E-state index contributed by atoms with van der Waals surface area (Å²) < 4.78 is 0. The highest BCUT2D eigenvalue weighted by Crippen LogP contribution is 2.40. The second-order valence-corrected chi connectivity index (χ2v) is 5.03. The van der Waals surface area contributed by atoms with E-state index in [0.717, 1.165) is 12.0 Å². The van der Waals surface area contributed by atoms with Gasteiger partial charge in [0, 0.05) is 17.6 Å². The summed E-state index contributed by atoms with van der Waals surface area (Å²) in [5.74, 6) is -0.184. The fourth-order valence-electron chi connectivity index (χ4n) is 2.58. The zero-order valence-electron chi connectivity index (χ0n) is 9.56. The van der Waals surface area contributed by atoms with Crippen LogP contribution in [0.3, 0.4) is 0 Å². The van der Waals surface area contributed by atoms with Crippen LogP contribution >= 0.6 is 0 Å². The van der Waals surface area contributed by atoms with Crippen molar-refractivity contribution in [3.8, 4) is 11.5 Å². The minimum Gasteiger partial charge on any atom is -0.504 e. The van der Waals surface area contributed by atoms with E-state index < -0.39 is 6.10 Å². The Morgan fingerprint density at radius 3 is 2.59 bits per heavy atom. The van der Waals surface area contributed by atoms with Gasteiger partial charge in [0.25, 0.3) is 0 Å². The highest BCUT2D eigenvalue weighted by molar-refractivity contribution is 5.51. The van der Waals surface area contributed by atoms with Gasteiger partial charge in [-0.05, 0) is 37.3 Å². The number of aromatic hydroxyl groups is 2. The number of phenolic OH excluding ortho intramolecular Hbond substituents is 2. The molecule has 0 saturated heterocycles. The van der Waals surface area contributed by atoms with Gasteiger partial charge < -0.3 is 20.6 Å². The van der Waals surface area contributed by atoms with E-state index in [4.69, 9.17) is 0 Å². The minimum absolute atomic E-state index is 0.0685. The van der Waals surface area contributed by atoms with Gasteiger partial charge in [-0.1, -0.05) is 6.07 Å². The van der Waals surface area contributed by atoms with Crippen molar-refractivity contribution in [2.24, 2.45) is 0 Å². The molecule has 0 radical (unpaired) electrons. The molecule has 2 unspecified atom stereocenters. The number of fused-ring (bicyclic) bond motifs is 1. The lowest BCUT2D eigenvalue weighted by Crippen LogP contribution is -2.39. The van der Waals surface area contributed by atoms with Gasteiger partial charge in [-0.3, -0.25) is 0 Å². The Morgan fingerprint density at radius 2 is 1.88 bits per heavy atom. The highest BCUT2D eigenvalue weighted by atomic mass is 16.3. The molecule has 1 saturated carbocycles. The van der Waals surface area contributed by atoms with Crippen LogP contribution in [-0.2, 0) is 6.42 Å². The largest absolute Gasteiger partial charge is 0.504 e. The minimum atomic E-state index is -0.592. The van der Waals surface area contributed by atoms with Crippen molar-refractivity contribution in [3.63, 3.8) is 0 Å². The van der Waals surface area contributed by atoms with Crippen LogP contribution in [-0.4, -0.2) is 27.4 Å². The Bertz CT molecular complexity index is 443. The molecule has 0 heterocycles. The smallest absolute Gasteiger partial charge is 0.161 e. The molecule has 1 fully saturated rings. The summed E-state index contributed by atoms with van der Waals surface area (Å²) in [5.41, 5.74) is 1.43. The Hall–Kier alpha value is -1.26. The van der Waals surface area contributed by atoms with Crippen molar-refractivity contribution in [1.29, 1.82) is 0 Å². The third-order valence-corrected chi connectivity index (χ3v) is 3.73. The van der Waals surface area contributed by atoms with Gasteiger partial charge in [0.05, 0.1) is 6.10 Å². The monoisotopic (exact) mass is 235 g/mol. The number of aliphatic hydroxyl groups is 1. The van der Waals surface area contributed by atoms with Crippen LogP contribution in [0.5, 0.6) is 11.5 Å².